The third-order valence-corrected chi connectivity index (χ3v) is 3.68. The number of hydrogen-bond donors (Lipinski definition) is 2. The van der Waals surface area contributed by atoms with Crippen LogP contribution in [0.5, 0.6) is 0 Å². The lowest BCUT2D eigenvalue weighted by Gasteiger charge is -2.34. The van der Waals surface area contributed by atoms with Crippen molar-refractivity contribution in [1.82, 2.24) is 10.2 Å². The summed E-state index contributed by atoms with van der Waals surface area (Å²) in [5, 5.41) is 3.02. The van der Waals surface area contributed by atoms with E-state index >= 15 is 0 Å². The Bertz CT molecular complexity index is 321. The number of amides is 2. The molecule has 110 valence electrons. The molecule has 0 saturated carbocycles. The molecule has 1 atom stereocenters. The largest absolute Gasteiger partial charge is 0.353 e. The highest BCUT2D eigenvalue weighted by atomic mass is 16.2. The van der Waals surface area contributed by atoms with Crippen LogP contribution in [0.4, 0.5) is 0 Å². The van der Waals surface area contributed by atoms with Crippen LogP contribution in [0.2, 0.25) is 0 Å². The Hall–Kier alpha value is -1.10. The molecule has 1 aliphatic heterocycles. The van der Waals surface area contributed by atoms with E-state index in [9.17, 15) is 9.59 Å². The fourth-order valence-electron chi connectivity index (χ4n) is 2.11. The smallest absolute Gasteiger partial charge is 0.239 e. The lowest BCUT2D eigenvalue weighted by molar-refractivity contribution is -0.134. The molecule has 0 aromatic rings. The highest BCUT2D eigenvalue weighted by molar-refractivity contribution is 5.82. The van der Waals surface area contributed by atoms with E-state index < -0.39 is 6.04 Å². The summed E-state index contributed by atoms with van der Waals surface area (Å²) in [5.41, 5.74) is 5.89. The zero-order chi connectivity index (χ0) is 14.6. The van der Waals surface area contributed by atoms with Crippen LogP contribution < -0.4 is 11.1 Å². The van der Waals surface area contributed by atoms with Crippen molar-refractivity contribution in [2.45, 2.75) is 52.6 Å². The third kappa shape index (κ3) is 4.49. The maximum Gasteiger partial charge on any atom is 0.239 e. The molecule has 19 heavy (non-hydrogen) atoms. The minimum Gasteiger partial charge on any atom is -0.353 e. The van der Waals surface area contributed by atoms with Crippen LogP contribution in [0, 0.1) is 11.8 Å². The van der Waals surface area contributed by atoms with Gasteiger partial charge in [0, 0.05) is 25.0 Å². The lowest BCUT2D eigenvalue weighted by atomic mass is 10.00. The van der Waals surface area contributed by atoms with Gasteiger partial charge in [0.25, 0.3) is 0 Å². The van der Waals surface area contributed by atoms with Gasteiger partial charge in [0.1, 0.15) is 0 Å². The van der Waals surface area contributed by atoms with Crippen LogP contribution in [0.25, 0.3) is 0 Å². The molecule has 1 saturated heterocycles. The average Bonchev–Trinajstić information content (AvgIpc) is 2.37. The summed E-state index contributed by atoms with van der Waals surface area (Å²) in [6.45, 7) is 9.05. The molecule has 5 heteroatoms. The number of hydrogen-bond acceptors (Lipinski definition) is 3. The summed E-state index contributed by atoms with van der Waals surface area (Å²) >= 11 is 0. The van der Waals surface area contributed by atoms with Gasteiger partial charge in [-0.05, 0) is 18.8 Å². The molecule has 1 fully saturated rings. The standard InChI is InChI=1S/C14H27N3O2/c1-9(2)12(15)14(19)17-7-5-11(6-8-17)16-13(18)10(3)4/h9-12H,5-8,15H2,1-4H3,(H,16,18)/t12-/m0/s1. The molecular formula is C14H27N3O2. The zero-order valence-electron chi connectivity index (χ0n) is 12.5. The minimum absolute atomic E-state index is 0.00836. The van der Waals surface area contributed by atoms with Crippen LogP contribution in [-0.2, 0) is 9.59 Å². The molecule has 2 amide bonds. The first-order valence-corrected chi connectivity index (χ1v) is 7.17. The van der Waals surface area contributed by atoms with Crippen molar-refractivity contribution >= 4 is 11.8 Å². The van der Waals surface area contributed by atoms with Crippen molar-refractivity contribution in [1.29, 1.82) is 0 Å². The molecule has 3 N–H and O–H groups in total. The predicted molar refractivity (Wildman–Crippen MR) is 75.4 cm³/mol. The molecule has 1 heterocycles. The molecule has 1 rings (SSSR count). The summed E-state index contributed by atoms with van der Waals surface area (Å²) in [6, 6.07) is -0.226. The van der Waals surface area contributed by atoms with Crippen LogP contribution in [0.3, 0.4) is 0 Å². The maximum atomic E-state index is 12.1. The Morgan fingerprint density at radius 2 is 1.68 bits per heavy atom. The van der Waals surface area contributed by atoms with Gasteiger partial charge in [0.15, 0.2) is 0 Å². The first-order valence-electron chi connectivity index (χ1n) is 7.17. The Balaban J connectivity index is 2.41. The summed E-state index contributed by atoms with van der Waals surface area (Å²) in [5.74, 6) is 0.284. The number of likely N-dealkylation sites (tertiary alicyclic amines) is 1. The number of rotatable bonds is 4. The second-order valence-electron chi connectivity index (χ2n) is 6.03. The zero-order valence-corrected chi connectivity index (χ0v) is 12.5. The molecule has 1 aliphatic rings. The Morgan fingerprint density at radius 1 is 1.16 bits per heavy atom. The van der Waals surface area contributed by atoms with Crippen molar-refractivity contribution in [2.75, 3.05) is 13.1 Å². The van der Waals surface area contributed by atoms with E-state index in [4.69, 9.17) is 5.73 Å². The number of nitrogens with two attached hydrogens (primary N) is 1. The third-order valence-electron chi connectivity index (χ3n) is 3.68. The normalized spacial score (nSPS) is 18.8. The van der Waals surface area contributed by atoms with Gasteiger partial charge in [-0.15, -0.1) is 0 Å². The molecule has 0 unspecified atom stereocenters. The summed E-state index contributed by atoms with van der Waals surface area (Å²) in [6.07, 6.45) is 1.63. The van der Waals surface area contributed by atoms with E-state index in [0.717, 1.165) is 12.8 Å². The first kappa shape index (κ1) is 16.0. The van der Waals surface area contributed by atoms with Gasteiger partial charge >= 0.3 is 0 Å². The molecule has 0 aliphatic carbocycles. The van der Waals surface area contributed by atoms with Gasteiger partial charge in [-0.25, -0.2) is 0 Å². The topological polar surface area (TPSA) is 75.4 Å². The van der Waals surface area contributed by atoms with Crippen molar-refractivity contribution in [3.63, 3.8) is 0 Å². The highest BCUT2D eigenvalue weighted by Crippen LogP contribution is 2.13. The van der Waals surface area contributed by atoms with Crippen molar-refractivity contribution in [3.05, 3.63) is 0 Å². The summed E-state index contributed by atoms with van der Waals surface area (Å²) < 4.78 is 0. The molecule has 0 bridgehead atoms. The molecular weight excluding hydrogens is 242 g/mol. The molecule has 5 nitrogen and oxygen atoms in total. The van der Waals surface area contributed by atoms with E-state index in [2.05, 4.69) is 5.32 Å². The molecule has 0 aromatic heterocycles. The second kappa shape index (κ2) is 6.89. The SMILES string of the molecule is CC(C)C(=O)NC1CCN(C(=O)[C@@H](N)C(C)C)CC1. The molecule has 0 radical (unpaired) electrons. The van der Waals surface area contributed by atoms with E-state index in [0.29, 0.717) is 13.1 Å². The monoisotopic (exact) mass is 269 g/mol. The van der Waals surface area contributed by atoms with Crippen molar-refractivity contribution in [2.24, 2.45) is 17.6 Å². The van der Waals surface area contributed by atoms with E-state index in [1.165, 1.54) is 0 Å². The van der Waals surface area contributed by atoms with Gasteiger partial charge in [-0.3, -0.25) is 9.59 Å². The van der Waals surface area contributed by atoms with E-state index in [1.54, 1.807) is 0 Å². The van der Waals surface area contributed by atoms with Crippen LogP contribution in [0.1, 0.15) is 40.5 Å². The number of carbonyl (C=O) groups excluding carboxylic acids is 2. The van der Waals surface area contributed by atoms with Gasteiger partial charge in [0.2, 0.25) is 11.8 Å². The van der Waals surface area contributed by atoms with Crippen LogP contribution in [0.15, 0.2) is 0 Å². The Morgan fingerprint density at radius 3 is 2.11 bits per heavy atom. The average molecular weight is 269 g/mol. The van der Waals surface area contributed by atoms with Crippen LogP contribution >= 0.6 is 0 Å². The van der Waals surface area contributed by atoms with Gasteiger partial charge in [-0.1, -0.05) is 27.7 Å². The first-order chi connectivity index (χ1) is 8.82. The fourth-order valence-corrected chi connectivity index (χ4v) is 2.11. The Labute approximate surface area is 115 Å². The summed E-state index contributed by atoms with van der Waals surface area (Å²) in [4.78, 5) is 25.5. The van der Waals surface area contributed by atoms with Crippen molar-refractivity contribution < 1.29 is 9.59 Å². The fraction of sp³-hybridized carbons (Fsp3) is 0.857. The van der Waals surface area contributed by atoms with Crippen molar-refractivity contribution in [3.8, 4) is 0 Å². The second-order valence-corrected chi connectivity index (χ2v) is 6.03. The quantitative estimate of drug-likeness (QED) is 0.790. The number of nitrogens with zero attached hydrogens (tertiary/aromatic N) is 1. The predicted octanol–water partition coefficient (Wildman–Crippen LogP) is 0.733. The lowest BCUT2D eigenvalue weighted by Crippen LogP contribution is -2.52. The Kier molecular flexibility index (Phi) is 5.79. The number of nitrogens with one attached hydrogen (secondary N) is 1. The van der Waals surface area contributed by atoms with Gasteiger partial charge in [-0.2, -0.15) is 0 Å². The number of piperidine rings is 1. The molecule has 0 aromatic carbocycles. The van der Waals surface area contributed by atoms with E-state index in [1.807, 2.05) is 32.6 Å². The maximum absolute atomic E-state index is 12.1. The van der Waals surface area contributed by atoms with Gasteiger partial charge < -0.3 is 16.0 Å². The minimum atomic E-state index is -0.415. The van der Waals surface area contributed by atoms with Crippen LogP contribution in [-0.4, -0.2) is 41.9 Å². The molecule has 0 spiro atoms. The highest BCUT2D eigenvalue weighted by Gasteiger charge is 2.28. The van der Waals surface area contributed by atoms with E-state index in [-0.39, 0.29) is 29.7 Å². The number of carbonyl (C=O) groups is 2. The summed E-state index contributed by atoms with van der Waals surface area (Å²) in [7, 11) is 0. The van der Waals surface area contributed by atoms with Gasteiger partial charge in [0.05, 0.1) is 6.04 Å².